The zero-order valence-corrected chi connectivity index (χ0v) is 79.4. The molecule has 10 N–H and O–H groups in total. The predicted molar refractivity (Wildman–Crippen MR) is 553 cm³/mol. The molecular weight excluding hydrogens is 1820 g/mol. The molecule has 0 atom stereocenters. The maximum absolute atomic E-state index is 13.7. The van der Waals surface area contributed by atoms with Gasteiger partial charge in [-0.25, -0.2) is 33.7 Å². The molecule has 0 aliphatic carbocycles. The molecule has 31 nitrogen and oxygen atoms in total. The third-order valence-electron chi connectivity index (χ3n) is 23.7. The molecule has 10 heterocycles. The van der Waals surface area contributed by atoms with Crippen molar-refractivity contribution in [3.63, 3.8) is 0 Å². The number of aryl methyl sites for hydroxylation is 4. The molecule has 0 bridgehead atoms. The highest BCUT2D eigenvalue weighted by Crippen LogP contribution is 2.30. The van der Waals surface area contributed by atoms with Crippen molar-refractivity contribution in [3.8, 4) is 62.7 Å². The summed E-state index contributed by atoms with van der Waals surface area (Å²) in [5.74, 6) is 4.50. The molecule has 34 heteroatoms. The number of hydrogen-bond donors (Lipinski definition) is 10. The van der Waals surface area contributed by atoms with E-state index in [1.807, 2.05) is 146 Å². The van der Waals surface area contributed by atoms with Crippen molar-refractivity contribution in [2.45, 2.75) is 93.5 Å². The molecule has 142 heavy (non-hydrogen) atoms. The maximum atomic E-state index is 13.7. The van der Waals surface area contributed by atoms with Gasteiger partial charge in [-0.05, 0) is 204 Å². The fourth-order valence-corrected chi connectivity index (χ4v) is 15.8. The van der Waals surface area contributed by atoms with Gasteiger partial charge in [0.25, 0.3) is 56.7 Å². The maximum Gasteiger partial charge on any atom is 0.274 e. The topological polar surface area (TPSA) is 385 Å². The number of aromatic amines is 5. The van der Waals surface area contributed by atoms with Crippen LogP contribution in [-0.4, -0.2) is 105 Å². The summed E-state index contributed by atoms with van der Waals surface area (Å²) in [6.45, 7) is 18.7. The Morgan fingerprint density at radius 1 is 0.317 bits per heavy atom. The first-order valence-corrected chi connectivity index (χ1v) is 45.9. The quantitative estimate of drug-likeness (QED) is 0.0319. The van der Waals surface area contributed by atoms with Crippen LogP contribution in [0.15, 0.2) is 321 Å². The number of ether oxygens (including phenoxy) is 1. The number of benzene rings is 12. The van der Waals surface area contributed by atoms with E-state index in [2.05, 4.69) is 217 Å². The van der Waals surface area contributed by atoms with Crippen LogP contribution < -0.4 is 59.1 Å². The zero-order valence-electron chi connectivity index (χ0n) is 78.6. The molecule has 0 fully saturated rings. The smallest absolute Gasteiger partial charge is 0.274 e. The minimum Gasteiger partial charge on any atom is -0.497 e. The average molecular weight is 1910 g/mol. The van der Waals surface area contributed by atoms with Crippen molar-refractivity contribution in [1.29, 1.82) is 0 Å². The number of para-hydroxylation sites is 1. The molecule has 0 saturated heterocycles. The fourth-order valence-electron chi connectivity index (χ4n) is 15.6. The molecule has 22 rings (SSSR count). The Morgan fingerprint density at radius 2 is 0.683 bits per heavy atom. The Labute approximate surface area is 814 Å². The molecule has 0 radical (unpaired) electrons. The summed E-state index contributed by atoms with van der Waals surface area (Å²) in [6, 6.07) is 91.2. The monoisotopic (exact) mass is 1910 g/mol. The molecule has 0 unspecified atom stereocenters. The van der Waals surface area contributed by atoms with Crippen LogP contribution in [0.25, 0.3) is 107 Å². The van der Waals surface area contributed by atoms with Crippen LogP contribution >= 0.6 is 11.6 Å². The van der Waals surface area contributed by atoms with Gasteiger partial charge < -0.3 is 31.3 Å². The van der Waals surface area contributed by atoms with Gasteiger partial charge in [0.2, 0.25) is 0 Å². The van der Waals surface area contributed by atoms with Gasteiger partial charge in [0.05, 0.1) is 74.0 Å². The molecule has 0 spiro atoms. The van der Waals surface area contributed by atoms with E-state index in [0.29, 0.717) is 117 Å². The Balaban J connectivity index is 0.000000117. The summed E-state index contributed by atoms with van der Waals surface area (Å²) in [6.07, 6.45) is 0. The number of anilines is 5. The summed E-state index contributed by atoms with van der Waals surface area (Å²) < 4.78 is 38.7. The second kappa shape index (κ2) is 41.4. The van der Waals surface area contributed by atoms with Crippen molar-refractivity contribution >= 4 is 90.5 Å². The molecule has 0 amide bonds. The summed E-state index contributed by atoms with van der Waals surface area (Å²) in [5, 5.41) is 36.5. The number of hydrogen-bond acceptors (Lipinski definition) is 21. The van der Waals surface area contributed by atoms with E-state index < -0.39 is 0 Å². The lowest BCUT2D eigenvalue weighted by atomic mass is 9.87. The highest BCUT2D eigenvalue weighted by atomic mass is 35.5. The highest BCUT2D eigenvalue weighted by molar-refractivity contribution is 6.30. The number of H-pyrrole nitrogens is 5. The van der Waals surface area contributed by atoms with Gasteiger partial charge in [0, 0.05) is 92.0 Å². The predicted octanol–water partition coefficient (Wildman–Crippen LogP) is 19.6. The van der Waals surface area contributed by atoms with E-state index in [4.69, 9.17) is 16.3 Å². The number of halogens is 3. The van der Waals surface area contributed by atoms with Crippen LogP contribution in [0.2, 0.25) is 5.02 Å². The summed E-state index contributed by atoms with van der Waals surface area (Å²) in [5.41, 5.74) is 17.5. The molecule has 12 aromatic carbocycles. The molecule has 0 aliphatic heterocycles. The molecule has 710 valence electrons. The van der Waals surface area contributed by atoms with Crippen molar-refractivity contribution in [1.82, 2.24) is 97.9 Å². The van der Waals surface area contributed by atoms with Crippen LogP contribution in [0, 0.1) is 46.3 Å². The van der Waals surface area contributed by atoms with E-state index in [-0.39, 0.29) is 62.9 Å². The molecule has 22 aromatic rings. The van der Waals surface area contributed by atoms with Gasteiger partial charge >= 0.3 is 0 Å². The average Bonchev–Trinajstić information content (AvgIpc) is 1.65. The summed E-state index contributed by atoms with van der Waals surface area (Å²) >= 11 is 5.92. The molecule has 0 aliphatic rings. The first-order chi connectivity index (χ1) is 68.7. The van der Waals surface area contributed by atoms with Gasteiger partial charge in [-0.2, -0.15) is 47.5 Å². The van der Waals surface area contributed by atoms with Crippen molar-refractivity contribution in [2.24, 2.45) is 0 Å². The largest absolute Gasteiger partial charge is 0.497 e. The third-order valence-corrected chi connectivity index (χ3v) is 24.0. The van der Waals surface area contributed by atoms with Crippen LogP contribution in [-0.2, 0) is 38.1 Å². The van der Waals surface area contributed by atoms with Crippen LogP contribution in [0.4, 0.5) is 37.2 Å². The Bertz CT molecular complexity index is 8740. The molecule has 0 saturated carbocycles. The first-order valence-electron chi connectivity index (χ1n) is 45.5. The highest BCUT2D eigenvalue weighted by Gasteiger charge is 2.20. The number of methoxy groups -OCH3 is 1. The minimum absolute atomic E-state index is 0.0858. The third kappa shape index (κ3) is 22.1. The first kappa shape index (κ1) is 94.2. The molecular formula is C108H96ClF2N25O6. The van der Waals surface area contributed by atoms with Crippen molar-refractivity contribution < 1.29 is 13.5 Å². The standard InChI is InChI=1S/C24H21N5O.C24H27N5O.C22H16FN5O.C19H16ClN5O2.C19H16FN5O/c1-15-7-8-19(11-16(15)2)23-27-24-26-21(13-22(30)29(24)28-23)14-25-20-10-9-17-5-3-4-6-18(17)12-20;1-15-7-6-8-20(16(15)2)25-14-19-13-21(30)29-23(26-19)27-22(28-29)17-9-11-18(12-10-17)24(3,4)5;23-17-8-5-15(6-9-17)21-26-22-25-19(12-20(29)28(22)27-21)13-24-18-10-7-14-3-1-2-4-16(14)11-18;1-27-16-4-2-3-14(9-16)21-11-15-10-17(26)25-19(22-15)23-18(24-25)12-5-7-13(20)8-6-12;1-12-6-2-3-7-14(12)18-23-19-22-13(10-17(26)25(19)24-18)11-21-16-9-5-4-8-15(16)20/h3-13,25H,14H2,1-2H3,(H,26,27,28);6-13,25H,14H2,1-5H3,(H,26,27,28);1-12,24H,13H2,(H,25,26,27);2-10,21H,11H2,1H3,(H,22,23,24);2-10,21H,11H2,1H3,(H,22,23,24). The normalized spacial score (nSPS) is 11.2. The van der Waals surface area contributed by atoms with Crippen molar-refractivity contribution in [3.05, 3.63) is 428 Å². The van der Waals surface area contributed by atoms with Gasteiger partial charge in [0.15, 0.2) is 29.1 Å². The van der Waals surface area contributed by atoms with Crippen LogP contribution in [0.1, 0.15) is 82.6 Å². The van der Waals surface area contributed by atoms with Gasteiger partial charge in [-0.1, -0.05) is 184 Å². The van der Waals surface area contributed by atoms with Crippen LogP contribution in [0.5, 0.6) is 5.75 Å². The lowest BCUT2D eigenvalue weighted by molar-refractivity contribution is 0.415. The SMILES string of the molecule is COc1cccc(NCc2cc(=O)n3[nH]c(-c4ccc(Cl)cc4)nc3n2)c1.Cc1ccc(-c2nc3nc(CNc4ccc5ccccc5c4)cc(=O)n3[nH]2)cc1C.Cc1cccc(NCc2cc(=O)n3[nH]c(-c4ccc(C(C)(C)C)cc4)nc3n2)c1C.Cc1ccccc1-c1nc2nc(CNc3ccccc3F)cc(=O)n2[nH]1.O=c1cc(CNc2ccc3ccccc3c2)nc2nc(-c3ccc(F)cc3)[nH]n12. The Kier molecular flexibility index (Phi) is 27.5. The lowest BCUT2D eigenvalue weighted by Gasteiger charge is -2.18. The Morgan fingerprint density at radius 3 is 1.13 bits per heavy atom. The summed E-state index contributed by atoms with van der Waals surface area (Å²) in [4.78, 5) is 107. The number of rotatable bonds is 21. The number of nitrogens with zero attached hydrogens (tertiary/aromatic N) is 15. The van der Waals surface area contributed by atoms with E-state index in [0.717, 1.165) is 67.1 Å². The summed E-state index contributed by atoms with van der Waals surface area (Å²) in [7, 11) is 1.62. The van der Waals surface area contributed by atoms with Crippen LogP contribution in [0.3, 0.4) is 0 Å². The van der Waals surface area contributed by atoms with E-state index in [1.54, 1.807) is 49.6 Å². The fraction of sp³-hybridized carbons (Fsp3) is 0.139. The number of nitrogens with one attached hydrogen (secondary N) is 10. The zero-order chi connectivity index (χ0) is 98.8. The Hall–Kier alpha value is -18.1. The van der Waals surface area contributed by atoms with Gasteiger partial charge in [-0.15, -0.1) is 0 Å². The molecule has 10 aromatic heterocycles. The van der Waals surface area contributed by atoms with E-state index >= 15 is 0 Å². The van der Waals surface area contributed by atoms with Gasteiger partial charge in [-0.3, -0.25) is 49.5 Å². The van der Waals surface area contributed by atoms with E-state index in [1.165, 1.54) is 110 Å². The number of aromatic nitrogens is 20. The van der Waals surface area contributed by atoms with E-state index in [9.17, 15) is 32.8 Å². The van der Waals surface area contributed by atoms with Gasteiger partial charge in [0.1, 0.15) is 17.4 Å². The second-order valence-electron chi connectivity index (χ2n) is 34.8. The second-order valence-corrected chi connectivity index (χ2v) is 35.2. The number of fused-ring (bicyclic) bond motifs is 7. The van der Waals surface area contributed by atoms with Crippen molar-refractivity contribution in [2.75, 3.05) is 33.7 Å². The minimum atomic E-state index is -0.355. The lowest BCUT2D eigenvalue weighted by Crippen LogP contribution is -2.17.